The number of thioether (sulfide) groups is 1. The Kier molecular flexibility index (Phi) is 7.15. The molecule has 0 saturated heterocycles. The number of ether oxygens (including phenoxy) is 1. The molecule has 3 aromatic rings. The number of nitrogens with one attached hydrogen (secondary N) is 1. The number of aryl methyl sites for hydroxylation is 1. The third-order valence-corrected chi connectivity index (χ3v) is 5.39. The highest BCUT2D eigenvalue weighted by Crippen LogP contribution is 2.23. The van der Waals surface area contributed by atoms with Gasteiger partial charge >= 0.3 is 0 Å². The fraction of sp³-hybridized carbons (Fsp3) is 0.208. The van der Waals surface area contributed by atoms with Gasteiger partial charge in [0.05, 0.1) is 6.61 Å². The number of benzene rings is 3. The second kappa shape index (κ2) is 10.00. The minimum Gasteiger partial charge on any atom is -0.494 e. The average Bonchev–Trinajstić information content (AvgIpc) is 2.72. The smallest absolute Gasteiger partial charge is 0.251 e. The van der Waals surface area contributed by atoms with E-state index in [0.29, 0.717) is 18.7 Å². The van der Waals surface area contributed by atoms with Gasteiger partial charge in [-0.3, -0.25) is 4.79 Å². The Labute approximate surface area is 171 Å². The molecule has 0 aliphatic carbocycles. The van der Waals surface area contributed by atoms with E-state index in [4.69, 9.17) is 4.74 Å². The molecule has 0 aromatic heterocycles. The summed E-state index contributed by atoms with van der Waals surface area (Å²) < 4.78 is 5.50. The van der Waals surface area contributed by atoms with Crippen molar-refractivity contribution in [1.82, 2.24) is 5.32 Å². The fourth-order valence-electron chi connectivity index (χ4n) is 2.75. The van der Waals surface area contributed by atoms with Crippen LogP contribution in [0.5, 0.6) is 5.75 Å². The van der Waals surface area contributed by atoms with Gasteiger partial charge in [0.25, 0.3) is 5.91 Å². The van der Waals surface area contributed by atoms with Gasteiger partial charge in [0, 0.05) is 22.8 Å². The topological polar surface area (TPSA) is 38.3 Å². The van der Waals surface area contributed by atoms with Crippen LogP contribution in [0.25, 0.3) is 0 Å². The van der Waals surface area contributed by atoms with Crippen LogP contribution < -0.4 is 10.1 Å². The summed E-state index contributed by atoms with van der Waals surface area (Å²) >= 11 is 1.80. The Morgan fingerprint density at radius 3 is 2.43 bits per heavy atom. The number of rotatable bonds is 8. The third kappa shape index (κ3) is 5.89. The standard InChI is InChI=1S/C24H25NO2S/c1-3-27-22-6-4-5-20(15-22)16-25-24(26)21-11-9-19(10-12-21)17-28-23-13-7-18(2)8-14-23/h4-15H,3,16-17H2,1-2H3,(H,25,26). The molecule has 1 amide bonds. The molecule has 4 heteroatoms. The SMILES string of the molecule is CCOc1cccc(CNC(=O)c2ccc(CSc3ccc(C)cc3)cc2)c1. The highest BCUT2D eigenvalue weighted by molar-refractivity contribution is 7.98. The van der Waals surface area contributed by atoms with Gasteiger partial charge < -0.3 is 10.1 Å². The first-order valence-electron chi connectivity index (χ1n) is 9.42. The van der Waals surface area contributed by atoms with Crippen molar-refractivity contribution >= 4 is 17.7 Å². The van der Waals surface area contributed by atoms with Gasteiger partial charge in [-0.2, -0.15) is 0 Å². The first-order chi connectivity index (χ1) is 13.6. The van der Waals surface area contributed by atoms with Gasteiger partial charge in [-0.15, -0.1) is 11.8 Å². The van der Waals surface area contributed by atoms with Crippen LogP contribution in [0, 0.1) is 6.92 Å². The summed E-state index contributed by atoms with van der Waals surface area (Å²) in [6.07, 6.45) is 0. The first-order valence-corrected chi connectivity index (χ1v) is 10.4. The number of carbonyl (C=O) groups excluding carboxylic acids is 1. The van der Waals surface area contributed by atoms with Crippen molar-refractivity contribution in [3.8, 4) is 5.75 Å². The van der Waals surface area contributed by atoms with E-state index in [0.717, 1.165) is 17.1 Å². The number of amides is 1. The second-order valence-corrected chi connectivity index (χ2v) is 7.61. The van der Waals surface area contributed by atoms with Crippen LogP contribution in [-0.4, -0.2) is 12.5 Å². The van der Waals surface area contributed by atoms with E-state index in [1.807, 2.05) is 55.5 Å². The zero-order valence-corrected chi connectivity index (χ0v) is 17.1. The lowest BCUT2D eigenvalue weighted by Crippen LogP contribution is -2.22. The van der Waals surface area contributed by atoms with E-state index >= 15 is 0 Å². The maximum atomic E-state index is 12.4. The summed E-state index contributed by atoms with van der Waals surface area (Å²) in [5.74, 6) is 1.64. The quantitative estimate of drug-likeness (QED) is 0.507. The summed E-state index contributed by atoms with van der Waals surface area (Å²) in [5.41, 5.74) is 4.16. The van der Waals surface area contributed by atoms with Gasteiger partial charge in [-0.25, -0.2) is 0 Å². The van der Waals surface area contributed by atoms with E-state index in [1.165, 1.54) is 16.0 Å². The van der Waals surface area contributed by atoms with Crippen molar-refractivity contribution in [1.29, 1.82) is 0 Å². The molecule has 0 saturated carbocycles. The molecule has 1 N–H and O–H groups in total. The van der Waals surface area contributed by atoms with E-state index < -0.39 is 0 Å². The lowest BCUT2D eigenvalue weighted by atomic mass is 10.1. The van der Waals surface area contributed by atoms with Gasteiger partial charge in [0.1, 0.15) is 5.75 Å². The molecule has 0 heterocycles. The van der Waals surface area contributed by atoms with E-state index in [2.05, 4.69) is 36.5 Å². The summed E-state index contributed by atoms with van der Waals surface area (Å²) in [7, 11) is 0. The number of hydrogen-bond acceptors (Lipinski definition) is 3. The van der Waals surface area contributed by atoms with Crippen LogP contribution in [0.15, 0.2) is 77.7 Å². The van der Waals surface area contributed by atoms with Crippen molar-refractivity contribution in [2.75, 3.05) is 6.61 Å². The van der Waals surface area contributed by atoms with E-state index in [9.17, 15) is 4.79 Å². The first kappa shape index (κ1) is 20.0. The molecule has 0 aliphatic rings. The molecule has 0 spiro atoms. The van der Waals surface area contributed by atoms with Crippen LogP contribution in [0.2, 0.25) is 0 Å². The molecule has 0 atom stereocenters. The summed E-state index contributed by atoms with van der Waals surface area (Å²) in [6, 6.07) is 24.1. The Morgan fingerprint density at radius 1 is 0.964 bits per heavy atom. The molecule has 0 aliphatic heterocycles. The Balaban J connectivity index is 1.51. The summed E-state index contributed by atoms with van der Waals surface area (Å²) in [6.45, 7) is 5.15. The van der Waals surface area contributed by atoms with Crippen molar-refractivity contribution in [2.24, 2.45) is 0 Å². The van der Waals surface area contributed by atoms with Crippen LogP contribution in [0.3, 0.4) is 0 Å². The van der Waals surface area contributed by atoms with Crippen molar-refractivity contribution in [3.63, 3.8) is 0 Å². The lowest BCUT2D eigenvalue weighted by Gasteiger charge is -2.08. The molecule has 144 valence electrons. The Morgan fingerprint density at radius 2 is 1.71 bits per heavy atom. The molecule has 3 aromatic carbocycles. The van der Waals surface area contributed by atoms with Crippen LogP contribution >= 0.6 is 11.8 Å². The van der Waals surface area contributed by atoms with E-state index in [1.54, 1.807) is 11.8 Å². The normalized spacial score (nSPS) is 10.5. The largest absolute Gasteiger partial charge is 0.494 e. The maximum Gasteiger partial charge on any atom is 0.251 e. The van der Waals surface area contributed by atoms with Gasteiger partial charge in [-0.1, -0.05) is 42.0 Å². The maximum absolute atomic E-state index is 12.4. The fourth-order valence-corrected chi connectivity index (χ4v) is 3.60. The molecule has 3 nitrogen and oxygen atoms in total. The number of hydrogen-bond donors (Lipinski definition) is 1. The van der Waals surface area contributed by atoms with Crippen LogP contribution in [0.1, 0.15) is 34.0 Å². The Hall–Kier alpha value is -2.72. The molecule has 0 bridgehead atoms. The van der Waals surface area contributed by atoms with Crippen LogP contribution in [0.4, 0.5) is 0 Å². The van der Waals surface area contributed by atoms with E-state index in [-0.39, 0.29) is 5.91 Å². The van der Waals surface area contributed by atoms with Gasteiger partial charge in [0.15, 0.2) is 0 Å². The second-order valence-electron chi connectivity index (χ2n) is 6.56. The average molecular weight is 392 g/mol. The number of carbonyl (C=O) groups is 1. The predicted molar refractivity (Wildman–Crippen MR) is 116 cm³/mol. The summed E-state index contributed by atoms with van der Waals surface area (Å²) in [4.78, 5) is 13.7. The summed E-state index contributed by atoms with van der Waals surface area (Å²) in [5, 5.41) is 2.97. The molecule has 28 heavy (non-hydrogen) atoms. The molecule has 0 radical (unpaired) electrons. The minimum atomic E-state index is -0.0699. The highest BCUT2D eigenvalue weighted by atomic mass is 32.2. The van der Waals surface area contributed by atoms with Crippen molar-refractivity contribution in [3.05, 3.63) is 95.1 Å². The van der Waals surface area contributed by atoms with Gasteiger partial charge in [-0.05, 0) is 61.4 Å². The van der Waals surface area contributed by atoms with Crippen molar-refractivity contribution in [2.45, 2.75) is 31.0 Å². The van der Waals surface area contributed by atoms with Crippen LogP contribution in [-0.2, 0) is 12.3 Å². The zero-order valence-electron chi connectivity index (χ0n) is 16.3. The van der Waals surface area contributed by atoms with Gasteiger partial charge in [0.2, 0.25) is 0 Å². The highest BCUT2D eigenvalue weighted by Gasteiger charge is 2.06. The molecule has 0 fully saturated rings. The third-order valence-electron chi connectivity index (χ3n) is 4.31. The molecule has 0 unspecified atom stereocenters. The monoisotopic (exact) mass is 391 g/mol. The molecule has 3 rings (SSSR count). The Bertz CT molecular complexity index is 905. The van der Waals surface area contributed by atoms with Crippen molar-refractivity contribution < 1.29 is 9.53 Å². The minimum absolute atomic E-state index is 0.0699. The lowest BCUT2D eigenvalue weighted by molar-refractivity contribution is 0.0951. The molecular weight excluding hydrogens is 366 g/mol. The predicted octanol–water partition coefficient (Wildman–Crippen LogP) is 5.62. The zero-order chi connectivity index (χ0) is 19.8. The molecular formula is C24H25NO2S.